The van der Waals surface area contributed by atoms with E-state index in [-0.39, 0.29) is 12.7 Å². The number of anilines is 2. The monoisotopic (exact) mass is 384 g/mol. The third kappa shape index (κ3) is 3.78. The summed E-state index contributed by atoms with van der Waals surface area (Å²) >= 11 is 1.33. The maximum Gasteiger partial charge on any atom is 0.188 e. The topological polar surface area (TPSA) is 100 Å². The third-order valence-electron chi connectivity index (χ3n) is 4.49. The molecule has 8 heteroatoms. The van der Waals surface area contributed by atoms with Gasteiger partial charge in [0.1, 0.15) is 12.2 Å². The van der Waals surface area contributed by atoms with Gasteiger partial charge in [0.05, 0.1) is 12.3 Å². The predicted molar refractivity (Wildman–Crippen MR) is 102 cm³/mol. The first-order valence-electron chi connectivity index (χ1n) is 8.71. The van der Waals surface area contributed by atoms with Gasteiger partial charge in [0.25, 0.3) is 0 Å². The Balaban J connectivity index is 1.57. The standard InChI is InChI=1S/C19H20N4O3S/c1-11-6-17(26-16-3-2-12-4-5-20-8-13(12)16)18(21-7-11)23-19-22-14(10-27-19)15(25)9-24/h4-8,10,15-16,24-25H,2-3,9H2,1H3,(H,21,22,23). The zero-order valence-corrected chi connectivity index (χ0v) is 15.6. The van der Waals surface area contributed by atoms with Crippen molar-refractivity contribution < 1.29 is 14.9 Å². The predicted octanol–water partition coefficient (Wildman–Crippen LogP) is 3.08. The largest absolute Gasteiger partial charge is 0.482 e. The molecule has 0 aromatic carbocycles. The zero-order valence-electron chi connectivity index (χ0n) is 14.8. The van der Waals surface area contributed by atoms with Crippen LogP contribution in [0.3, 0.4) is 0 Å². The number of nitrogens with one attached hydrogen (secondary N) is 1. The van der Waals surface area contributed by atoms with Crippen LogP contribution in [-0.4, -0.2) is 31.8 Å². The summed E-state index contributed by atoms with van der Waals surface area (Å²) < 4.78 is 6.28. The average molecular weight is 384 g/mol. The molecule has 0 amide bonds. The second-order valence-corrected chi connectivity index (χ2v) is 7.34. The number of thiazole rings is 1. The van der Waals surface area contributed by atoms with Crippen molar-refractivity contribution in [3.05, 3.63) is 58.5 Å². The van der Waals surface area contributed by atoms with Gasteiger partial charge in [-0.25, -0.2) is 9.97 Å². The fourth-order valence-corrected chi connectivity index (χ4v) is 3.84. The lowest BCUT2D eigenvalue weighted by atomic mass is 10.2. The number of nitrogens with zero attached hydrogens (tertiary/aromatic N) is 3. The van der Waals surface area contributed by atoms with E-state index in [1.807, 2.05) is 31.5 Å². The molecule has 3 aromatic heterocycles. The van der Waals surface area contributed by atoms with Gasteiger partial charge >= 0.3 is 0 Å². The highest BCUT2D eigenvalue weighted by molar-refractivity contribution is 7.13. The Hall–Kier alpha value is -2.55. The number of hydrogen-bond donors (Lipinski definition) is 3. The highest BCUT2D eigenvalue weighted by Gasteiger charge is 2.25. The van der Waals surface area contributed by atoms with Crippen LogP contribution >= 0.6 is 11.3 Å². The summed E-state index contributed by atoms with van der Waals surface area (Å²) in [5, 5.41) is 24.2. The lowest BCUT2D eigenvalue weighted by Crippen LogP contribution is -2.07. The molecule has 0 radical (unpaired) electrons. The number of hydrogen-bond acceptors (Lipinski definition) is 8. The van der Waals surface area contributed by atoms with Gasteiger partial charge in [0.2, 0.25) is 0 Å². The molecule has 3 heterocycles. The molecule has 0 bridgehead atoms. The van der Waals surface area contributed by atoms with Gasteiger partial charge < -0.3 is 20.3 Å². The van der Waals surface area contributed by atoms with E-state index in [2.05, 4.69) is 20.3 Å². The SMILES string of the molecule is Cc1cnc(Nc2nc(C(O)CO)cs2)c(OC2CCc3ccncc32)c1. The van der Waals surface area contributed by atoms with E-state index in [9.17, 15) is 5.11 Å². The van der Waals surface area contributed by atoms with Crippen LogP contribution in [0.1, 0.15) is 41.0 Å². The molecule has 0 spiro atoms. The summed E-state index contributed by atoms with van der Waals surface area (Å²) in [7, 11) is 0. The Morgan fingerprint density at radius 2 is 2.30 bits per heavy atom. The van der Waals surface area contributed by atoms with Gasteiger partial charge in [-0.2, -0.15) is 0 Å². The van der Waals surface area contributed by atoms with E-state index in [1.165, 1.54) is 16.9 Å². The van der Waals surface area contributed by atoms with Crippen LogP contribution in [0.2, 0.25) is 0 Å². The van der Waals surface area contributed by atoms with Gasteiger partial charge in [-0.15, -0.1) is 11.3 Å². The van der Waals surface area contributed by atoms with Gasteiger partial charge in [0, 0.05) is 29.5 Å². The van der Waals surface area contributed by atoms with Crippen LogP contribution in [0.15, 0.2) is 36.1 Å². The van der Waals surface area contributed by atoms with Crippen molar-refractivity contribution in [2.24, 2.45) is 0 Å². The molecule has 0 saturated heterocycles. The number of rotatable bonds is 6. The molecule has 0 fully saturated rings. The second-order valence-electron chi connectivity index (χ2n) is 6.48. The number of aliphatic hydroxyl groups excluding tert-OH is 2. The van der Waals surface area contributed by atoms with Gasteiger partial charge in [0.15, 0.2) is 16.7 Å². The van der Waals surface area contributed by atoms with Crippen molar-refractivity contribution in [3.63, 3.8) is 0 Å². The van der Waals surface area contributed by atoms with Crippen LogP contribution in [0.5, 0.6) is 5.75 Å². The maximum absolute atomic E-state index is 9.70. The highest BCUT2D eigenvalue weighted by atomic mass is 32.1. The van der Waals surface area contributed by atoms with E-state index in [0.717, 1.165) is 24.0 Å². The summed E-state index contributed by atoms with van der Waals surface area (Å²) in [6, 6.07) is 3.98. The molecule has 3 aromatic rings. The molecule has 0 saturated carbocycles. The molecule has 140 valence electrons. The molecular formula is C19H20N4O3S. The number of aliphatic hydroxyl groups is 2. The number of aromatic nitrogens is 3. The van der Waals surface area contributed by atoms with Crippen LogP contribution in [-0.2, 0) is 6.42 Å². The van der Waals surface area contributed by atoms with Crippen molar-refractivity contribution >= 4 is 22.3 Å². The Bertz CT molecular complexity index is 946. The number of aryl methyl sites for hydroxylation is 2. The molecule has 7 nitrogen and oxygen atoms in total. The minimum atomic E-state index is -0.985. The normalized spacial score (nSPS) is 16.8. The van der Waals surface area contributed by atoms with Gasteiger partial charge in [-0.1, -0.05) is 0 Å². The number of ether oxygens (including phenoxy) is 1. The minimum absolute atomic E-state index is 0.0547. The lowest BCUT2D eigenvalue weighted by Gasteiger charge is -2.17. The van der Waals surface area contributed by atoms with Gasteiger partial charge in [-0.3, -0.25) is 4.98 Å². The third-order valence-corrected chi connectivity index (χ3v) is 5.27. The Morgan fingerprint density at radius 3 is 3.15 bits per heavy atom. The van der Waals surface area contributed by atoms with E-state index in [4.69, 9.17) is 9.84 Å². The maximum atomic E-state index is 9.70. The molecule has 1 aliphatic carbocycles. The fourth-order valence-electron chi connectivity index (χ4n) is 3.09. The van der Waals surface area contributed by atoms with Crippen molar-refractivity contribution in [3.8, 4) is 5.75 Å². The summed E-state index contributed by atoms with van der Waals surface area (Å²) in [5.41, 5.74) is 3.81. The van der Waals surface area contributed by atoms with Crippen molar-refractivity contribution in [1.82, 2.24) is 15.0 Å². The van der Waals surface area contributed by atoms with E-state index < -0.39 is 6.10 Å². The Morgan fingerprint density at radius 1 is 1.41 bits per heavy atom. The molecule has 0 aliphatic heterocycles. The summed E-state index contributed by atoms with van der Waals surface area (Å²) in [4.78, 5) is 13.0. The summed E-state index contributed by atoms with van der Waals surface area (Å²) in [6.45, 7) is 1.60. The van der Waals surface area contributed by atoms with Crippen molar-refractivity contribution in [1.29, 1.82) is 0 Å². The smallest absolute Gasteiger partial charge is 0.188 e. The Labute approximate surface area is 160 Å². The van der Waals surface area contributed by atoms with Crippen molar-refractivity contribution in [2.75, 3.05) is 11.9 Å². The first-order chi connectivity index (χ1) is 13.1. The van der Waals surface area contributed by atoms with E-state index in [1.54, 1.807) is 11.6 Å². The number of pyridine rings is 2. The van der Waals surface area contributed by atoms with Gasteiger partial charge in [-0.05, 0) is 43.0 Å². The highest BCUT2D eigenvalue weighted by Crippen LogP contribution is 2.37. The summed E-state index contributed by atoms with van der Waals surface area (Å²) in [6.07, 6.45) is 6.27. The van der Waals surface area contributed by atoms with Crippen LogP contribution in [0.25, 0.3) is 0 Å². The fraction of sp³-hybridized carbons (Fsp3) is 0.316. The molecular weight excluding hydrogens is 364 g/mol. The average Bonchev–Trinajstić information content (AvgIpc) is 3.31. The van der Waals surface area contributed by atoms with Crippen LogP contribution in [0.4, 0.5) is 10.9 Å². The summed E-state index contributed by atoms with van der Waals surface area (Å²) in [5.74, 6) is 1.22. The molecule has 2 unspecified atom stereocenters. The number of fused-ring (bicyclic) bond motifs is 1. The molecule has 1 aliphatic rings. The molecule has 4 rings (SSSR count). The Kier molecular flexibility index (Phi) is 5.02. The molecule has 3 N–H and O–H groups in total. The first kappa shape index (κ1) is 17.8. The van der Waals surface area contributed by atoms with Crippen molar-refractivity contribution in [2.45, 2.75) is 32.0 Å². The quantitative estimate of drug-likeness (QED) is 0.600. The minimum Gasteiger partial charge on any atom is -0.482 e. The first-order valence-corrected chi connectivity index (χ1v) is 9.59. The molecule has 27 heavy (non-hydrogen) atoms. The lowest BCUT2D eigenvalue weighted by molar-refractivity contribution is 0.0928. The van der Waals surface area contributed by atoms with E-state index >= 15 is 0 Å². The second kappa shape index (κ2) is 7.59. The zero-order chi connectivity index (χ0) is 18.8. The van der Waals surface area contributed by atoms with Crippen LogP contribution < -0.4 is 10.1 Å². The molecule has 2 atom stereocenters. The van der Waals surface area contributed by atoms with Crippen LogP contribution in [0, 0.1) is 6.92 Å². The van der Waals surface area contributed by atoms with E-state index in [0.29, 0.717) is 22.4 Å².